The number of likely N-dealkylation sites (N-methyl/N-ethyl adjacent to an activating group) is 1. The van der Waals surface area contributed by atoms with E-state index in [1.165, 1.54) is 40.6 Å². The molecular formula is C23H28N2O8. The van der Waals surface area contributed by atoms with Crippen LogP contribution in [0.3, 0.4) is 0 Å². The first-order chi connectivity index (χ1) is 15.8. The molecule has 0 bridgehead atoms. The van der Waals surface area contributed by atoms with Crippen molar-refractivity contribution in [3.8, 4) is 17.2 Å². The van der Waals surface area contributed by atoms with Gasteiger partial charge in [0.05, 0.1) is 46.0 Å². The predicted molar refractivity (Wildman–Crippen MR) is 121 cm³/mol. The van der Waals surface area contributed by atoms with E-state index in [9.17, 15) is 14.7 Å². The predicted octanol–water partition coefficient (Wildman–Crippen LogP) is 2.97. The first-order valence-corrected chi connectivity index (χ1v) is 10.2. The molecule has 0 spiro atoms. The number of nitrogens with one attached hydrogen (secondary N) is 1. The van der Waals surface area contributed by atoms with Crippen molar-refractivity contribution in [3.05, 3.63) is 40.3 Å². The number of furan rings is 1. The van der Waals surface area contributed by atoms with Crippen LogP contribution < -0.4 is 19.5 Å². The quantitative estimate of drug-likeness (QED) is 0.512. The number of fused-ring (bicyclic) bond motifs is 1. The van der Waals surface area contributed by atoms with Gasteiger partial charge < -0.3 is 38.7 Å². The Balaban J connectivity index is 2.18. The summed E-state index contributed by atoms with van der Waals surface area (Å²) < 4.78 is 26.9. The zero-order valence-electron chi connectivity index (χ0n) is 19.5. The van der Waals surface area contributed by atoms with E-state index in [0.29, 0.717) is 18.8 Å². The lowest BCUT2D eigenvalue weighted by Gasteiger charge is -2.15. The molecule has 10 nitrogen and oxygen atoms in total. The highest BCUT2D eigenvalue weighted by molar-refractivity contribution is 6.21. The number of ether oxygens (including phenoxy) is 4. The van der Waals surface area contributed by atoms with E-state index >= 15 is 0 Å². The largest absolute Gasteiger partial charge is 0.502 e. The maximum atomic E-state index is 13.7. The molecule has 0 atom stereocenters. The molecule has 0 aliphatic heterocycles. The maximum Gasteiger partial charge on any atom is 0.205 e. The summed E-state index contributed by atoms with van der Waals surface area (Å²) in [6, 6.07) is 2.99. The number of aliphatic hydroxyl groups is 1. The maximum absolute atomic E-state index is 13.7. The molecule has 1 heterocycles. The molecule has 3 rings (SSSR count). The second-order valence-corrected chi connectivity index (χ2v) is 7.56. The zero-order chi connectivity index (χ0) is 24.3. The minimum Gasteiger partial charge on any atom is -0.502 e. The van der Waals surface area contributed by atoms with Crippen LogP contribution in [0.5, 0.6) is 17.2 Å². The van der Waals surface area contributed by atoms with Crippen LogP contribution >= 0.6 is 0 Å². The van der Waals surface area contributed by atoms with Crippen LogP contribution in [0.15, 0.2) is 22.3 Å². The molecule has 2 aromatic rings. The minimum absolute atomic E-state index is 0.000551. The molecule has 10 heteroatoms. The molecule has 1 aliphatic carbocycles. The van der Waals surface area contributed by atoms with Gasteiger partial charge in [0.25, 0.3) is 0 Å². The number of anilines is 1. The summed E-state index contributed by atoms with van der Waals surface area (Å²) in [5, 5.41) is 13.6. The Hall–Kier alpha value is -3.66. The van der Waals surface area contributed by atoms with Crippen LogP contribution in [0.2, 0.25) is 0 Å². The number of carbonyl (C=O) groups excluding carboxylic acids is 2. The molecule has 1 aromatic heterocycles. The van der Waals surface area contributed by atoms with Crippen molar-refractivity contribution in [1.29, 1.82) is 0 Å². The summed E-state index contributed by atoms with van der Waals surface area (Å²) in [7, 11) is 9.50. The molecule has 1 aromatic carbocycles. The minimum atomic E-state index is -0.506. The highest BCUT2D eigenvalue weighted by Crippen LogP contribution is 2.42. The molecule has 0 saturated heterocycles. The van der Waals surface area contributed by atoms with Gasteiger partial charge in [0.15, 0.2) is 34.6 Å². The molecule has 0 saturated carbocycles. The molecule has 0 fully saturated rings. The van der Waals surface area contributed by atoms with Crippen LogP contribution in [-0.4, -0.2) is 77.2 Å². The van der Waals surface area contributed by atoms with Gasteiger partial charge in [0, 0.05) is 18.7 Å². The number of hydrogen-bond donors (Lipinski definition) is 2. The number of Topliss-reactive ketones (excluding diaryl/α,β-unsaturated/α-hetero) is 1. The second kappa shape index (κ2) is 9.86. The highest BCUT2D eigenvalue weighted by atomic mass is 16.5. The number of allylic oxidation sites excluding steroid dienone is 1. The third kappa shape index (κ3) is 4.47. The molecule has 2 N–H and O–H groups in total. The van der Waals surface area contributed by atoms with Crippen molar-refractivity contribution in [2.24, 2.45) is 0 Å². The molecule has 178 valence electrons. The van der Waals surface area contributed by atoms with Crippen molar-refractivity contribution < 1.29 is 38.1 Å². The van der Waals surface area contributed by atoms with Crippen LogP contribution in [0.25, 0.3) is 5.76 Å². The lowest BCUT2D eigenvalue weighted by molar-refractivity contribution is 0.0951. The summed E-state index contributed by atoms with van der Waals surface area (Å²) in [5.74, 6) is -0.264. The SMILES string of the molecule is COC1=C(O)c2oc(NCCN(C)C)c(C(=O)c3cc(OC)c(OC)c(OC)c3)c2C(=O)C1. The number of benzene rings is 1. The van der Waals surface area contributed by atoms with E-state index in [-0.39, 0.29) is 57.8 Å². The highest BCUT2D eigenvalue weighted by Gasteiger charge is 2.37. The first-order valence-electron chi connectivity index (χ1n) is 10.2. The van der Waals surface area contributed by atoms with Gasteiger partial charge in [-0.25, -0.2) is 0 Å². The topological polar surface area (TPSA) is 120 Å². The Bertz CT molecular complexity index is 1080. The number of aliphatic hydroxyl groups excluding tert-OH is 1. The van der Waals surface area contributed by atoms with Crippen molar-refractivity contribution >= 4 is 23.2 Å². The normalized spacial score (nSPS) is 13.1. The fourth-order valence-electron chi connectivity index (χ4n) is 3.57. The van der Waals surface area contributed by atoms with E-state index in [4.69, 9.17) is 23.4 Å². The number of nitrogens with zero attached hydrogens (tertiary/aromatic N) is 1. The molecule has 0 amide bonds. The van der Waals surface area contributed by atoms with Crippen LogP contribution in [0.4, 0.5) is 5.88 Å². The summed E-state index contributed by atoms with van der Waals surface area (Å²) >= 11 is 0. The Morgan fingerprint density at radius 3 is 2.24 bits per heavy atom. The third-order valence-corrected chi connectivity index (χ3v) is 5.23. The molecular weight excluding hydrogens is 432 g/mol. The third-order valence-electron chi connectivity index (χ3n) is 5.23. The summed E-state index contributed by atoms with van der Waals surface area (Å²) in [5.41, 5.74) is 0.210. The first kappa shape index (κ1) is 24.0. The summed E-state index contributed by atoms with van der Waals surface area (Å²) in [6.45, 7) is 1.08. The summed E-state index contributed by atoms with van der Waals surface area (Å²) in [4.78, 5) is 28.6. The van der Waals surface area contributed by atoms with E-state index < -0.39 is 11.6 Å². The zero-order valence-corrected chi connectivity index (χ0v) is 19.5. The van der Waals surface area contributed by atoms with Gasteiger partial charge in [-0.2, -0.15) is 0 Å². The average Bonchev–Trinajstić information content (AvgIpc) is 3.19. The van der Waals surface area contributed by atoms with Crippen molar-refractivity contribution in [3.63, 3.8) is 0 Å². The number of hydrogen-bond acceptors (Lipinski definition) is 10. The van der Waals surface area contributed by atoms with Gasteiger partial charge >= 0.3 is 0 Å². The number of ketones is 2. The van der Waals surface area contributed by atoms with Gasteiger partial charge in [-0.1, -0.05) is 0 Å². The van der Waals surface area contributed by atoms with Gasteiger partial charge in [-0.05, 0) is 26.2 Å². The fraction of sp³-hybridized carbons (Fsp3) is 0.391. The number of carbonyl (C=O) groups is 2. The molecule has 1 aliphatic rings. The van der Waals surface area contributed by atoms with Crippen LogP contribution in [-0.2, 0) is 4.74 Å². The van der Waals surface area contributed by atoms with Crippen LogP contribution in [0.1, 0.15) is 38.5 Å². The number of methoxy groups -OCH3 is 4. The molecule has 0 unspecified atom stereocenters. The van der Waals surface area contributed by atoms with Crippen LogP contribution in [0, 0.1) is 0 Å². The Labute approximate surface area is 191 Å². The van der Waals surface area contributed by atoms with Gasteiger partial charge in [-0.3, -0.25) is 9.59 Å². The monoisotopic (exact) mass is 460 g/mol. The molecule has 0 radical (unpaired) electrons. The van der Waals surface area contributed by atoms with E-state index in [1.807, 2.05) is 19.0 Å². The lowest BCUT2D eigenvalue weighted by Crippen LogP contribution is -2.21. The molecule has 33 heavy (non-hydrogen) atoms. The Morgan fingerprint density at radius 2 is 1.73 bits per heavy atom. The van der Waals surface area contributed by atoms with Crippen molar-refractivity contribution in [2.45, 2.75) is 6.42 Å². The standard InChI is InChI=1S/C23H28N2O8/c1-25(2)8-7-24-23-18(17-13(26)11-14(29-3)20(28)22(17)33-23)19(27)12-9-15(30-4)21(32-6)16(10-12)31-5/h9-10,24,28H,7-8,11H2,1-6H3. The van der Waals surface area contributed by atoms with Gasteiger partial charge in [0.1, 0.15) is 5.76 Å². The van der Waals surface area contributed by atoms with E-state index in [0.717, 1.165) is 0 Å². The van der Waals surface area contributed by atoms with Crippen molar-refractivity contribution in [2.75, 3.05) is 60.9 Å². The van der Waals surface area contributed by atoms with Gasteiger partial charge in [0.2, 0.25) is 11.6 Å². The van der Waals surface area contributed by atoms with Gasteiger partial charge in [-0.15, -0.1) is 0 Å². The second-order valence-electron chi connectivity index (χ2n) is 7.56. The Morgan fingerprint density at radius 1 is 1.09 bits per heavy atom. The smallest absolute Gasteiger partial charge is 0.205 e. The van der Waals surface area contributed by atoms with E-state index in [2.05, 4.69) is 5.32 Å². The summed E-state index contributed by atoms with van der Waals surface area (Å²) in [6.07, 6.45) is -0.193. The number of rotatable bonds is 10. The fourth-order valence-corrected chi connectivity index (χ4v) is 3.57. The Kier molecular flexibility index (Phi) is 7.17. The lowest BCUT2D eigenvalue weighted by atomic mass is 9.92. The van der Waals surface area contributed by atoms with E-state index in [1.54, 1.807) is 0 Å². The van der Waals surface area contributed by atoms with Crippen molar-refractivity contribution in [1.82, 2.24) is 4.90 Å². The average molecular weight is 460 g/mol.